The van der Waals surface area contributed by atoms with E-state index in [9.17, 15) is 0 Å². The van der Waals surface area contributed by atoms with Crippen molar-refractivity contribution in [1.29, 1.82) is 0 Å². The summed E-state index contributed by atoms with van der Waals surface area (Å²) in [5, 5.41) is 0. The summed E-state index contributed by atoms with van der Waals surface area (Å²) >= 11 is 0. The van der Waals surface area contributed by atoms with E-state index >= 15 is 0 Å². The van der Waals surface area contributed by atoms with Crippen molar-refractivity contribution in [3.63, 3.8) is 0 Å². The van der Waals surface area contributed by atoms with E-state index in [0.29, 0.717) is 5.92 Å². The average Bonchev–Trinajstić information content (AvgIpc) is 2.46. The SMILES string of the molecule is CC(C=Cc1ccc(N(C)C)cc1)c1ccccc1. The molecule has 2 rings (SSSR count). The van der Waals surface area contributed by atoms with Gasteiger partial charge >= 0.3 is 0 Å². The molecule has 0 saturated heterocycles. The molecule has 0 heterocycles. The maximum atomic E-state index is 2.25. The van der Waals surface area contributed by atoms with E-state index < -0.39 is 0 Å². The molecule has 1 unspecified atom stereocenters. The number of benzene rings is 2. The van der Waals surface area contributed by atoms with Gasteiger partial charge in [0.1, 0.15) is 0 Å². The third kappa shape index (κ3) is 3.72. The summed E-state index contributed by atoms with van der Waals surface area (Å²) in [6, 6.07) is 19.2. The highest BCUT2D eigenvalue weighted by atomic mass is 15.1. The molecule has 0 aliphatic rings. The Hall–Kier alpha value is -2.02. The monoisotopic (exact) mass is 251 g/mol. The van der Waals surface area contributed by atoms with Gasteiger partial charge in [-0.15, -0.1) is 0 Å². The summed E-state index contributed by atoms with van der Waals surface area (Å²) in [6.45, 7) is 2.22. The minimum Gasteiger partial charge on any atom is -0.378 e. The van der Waals surface area contributed by atoms with Crippen LogP contribution in [-0.4, -0.2) is 14.1 Å². The third-order valence-electron chi connectivity index (χ3n) is 3.31. The highest BCUT2D eigenvalue weighted by Crippen LogP contribution is 2.18. The number of nitrogens with zero attached hydrogens (tertiary/aromatic N) is 1. The molecule has 0 amide bonds. The molecule has 2 aromatic carbocycles. The highest BCUT2D eigenvalue weighted by molar-refractivity contribution is 5.56. The first-order valence-corrected chi connectivity index (χ1v) is 6.67. The first-order valence-electron chi connectivity index (χ1n) is 6.67. The summed E-state index contributed by atoms with van der Waals surface area (Å²) in [6.07, 6.45) is 4.44. The molecule has 0 aromatic heterocycles. The molecule has 0 aliphatic heterocycles. The first-order chi connectivity index (χ1) is 9.16. The van der Waals surface area contributed by atoms with Gasteiger partial charge < -0.3 is 4.90 Å². The van der Waals surface area contributed by atoms with Crippen molar-refractivity contribution in [2.75, 3.05) is 19.0 Å². The topological polar surface area (TPSA) is 3.24 Å². The van der Waals surface area contributed by atoms with Gasteiger partial charge in [-0.1, -0.05) is 61.5 Å². The minimum atomic E-state index is 0.440. The molecule has 1 nitrogen and oxygen atoms in total. The van der Waals surface area contributed by atoms with Crippen LogP contribution in [0, 0.1) is 0 Å². The Morgan fingerprint density at radius 3 is 2.11 bits per heavy atom. The van der Waals surface area contributed by atoms with Crippen LogP contribution in [0.3, 0.4) is 0 Å². The zero-order valence-electron chi connectivity index (χ0n) is 11.9. The average molecular weight is 251 g/mol. The number of hydrogen-bond acceptors (Lipinski definition) is 1. The van der Waals surface area contributed by atoms with E-state index in [1.54, 1.807) is 0 Å². The molecule has 19 heavy (non-hydrogen) atoms. The summed E-state index contributed by atoms with van der Waals surface area (Å²) < 4.78 is 0. The summed E-state index contributed by atoms with van der Waals surface area (Å²) in [4.78, 5) is 2.11. The molecule has 0 radical (unpaired) electrons. The second kappa shape index (κ2) is 6.24. The van der Waals surface area contributed by atoms with Crippen LogP contribution in [0.5, 0.6) is 0 Å². The van der Waals surface area contributed by atoms with Crippen molar-refractivity contribution in [2.45, 2.75) is 12.8 Å². The van der Waals surface area contributed by atoms with Gasteiger partial charge in [-0.2, -0.15) is 0 Å². The summed E-state index contributed by atoms with van der Waals surface area (Å²) in [5.41, 5.74) is 3.82. The Morgan fingerprint density at radius 1 is 0.895 bits per heavy atom. The van der Waals surface area contributed by atoms with Crippen LogP contribution < -0.4 is 4.90 Å². The van der Waals surface area contributed by atoms with Gasteiger partial charge in [0.05, 0.1) is 0 Å². The number of allylic oxidation sites excluding steroid dienone is 1. The molecule has 98 valence electrons. The van der Waals surface area contributed by atoms with E-state index in [0.717, 1.165) is 0 Å². The first kappa shape index (κ1) is 13.4. The van der Waals surface area contributed by atoms with Crippen LogP contribution in [0.4, 0.5) is 5.69 Å². The Kier molecular flexibility index (Phi) is 4.40. The maximum absolute atomic E-state index is 2.25. The molecule has 1 atom stereocenters. The van der Waals surface area contributed by atoms with Gasteiger partial charge in [-0.05, 0) is 29.2 Å². The molecule has 1 heteroatoms. The second-order valence-corrected chi connectivity index (χ2v) is 5.04. The zero-order valence-corrected chi connectivity index (χ0v) is 11.9. The molecule has 0 fully saturated rings. The minimum absolute atomic E-state index is 0.440. The number of anilines is 1. The fourth-order valence-electron chi connectivity index (χ4n) is 2.01. The van der Waals surface area contributed by atoms with E-state index in [-0.39, 0.29) is 0 Å². The second-order valence-electron chi connectivity index (χ2n) is 5.04. The van der Waals surface area contributed by atoms with Crippen LogP contribution in [0.2, 0.25) is 0 Å². The lowest BCUT2D eigenvalue weighted by atomic mass is 10.00. The summed E-state index contributed by atoms with van der Waals surface area (Å²) in [7, 11) is 4.12. The van der Waals surface area contributed by atoms with Gasteiger partial charge in [0.2, 0.25) is 0 Å². The van der Waals surface area contributed by atoms with Crippen molar-refractivity contribution < 1.29 is 0 Å². The van der Waals surface area contributed by atoms with E-state index in [1.165, 1.54) is 16.8 Å². The number of hydrogen-bond donors (Lipinski definition) is 0. The third-order valence-corrected chi connectivity index (χ3v) is 3.31. The van der Waals surface area contributed by atoms with Gasteiger partial charge in [0.25, 0.3) is 0 Å². The standard InChI is InChI=1S/C18H21N/c1-15(17-7-5-4-6-8-17)9-10-16-11-13-18(14-12-16)19(2)3/h4-15H,1-3H3. The maximum Gasteiger partial charge on any atom is 0.0361 e. The van der Waals surface area contributed by atoms with Crippen molar-refractivity contribution in [1.82, 2.24) is 0 Å². The van der Waals surface area contributed by atoms with Crippen LogP contribution in [0.15, 0.2) is 60.7 Å². The molecular formula is C18H21N. The zero-order chi connectivity index (χ0) is 13.7. The van der Waals surface area contributed by atoms with E-state index in [4.69, 9.17) is 0 Å². The quantitative estimate of drug-likeness (QED) is 0.769. The Morgan fingerprint density at radius 2 is 1.53 bits per heavy atom. The lowest BCUT2D eigenvalue weighted by Crippen LogP contribution is -2.07. The van der Waals surface area contributed by atoms with Gasteiger partial charge in [-0.3, -0.25) is 0 Å². The van der Waals surface area contributed by atoms with Gasteiger partial charge in [0.15, 0.2) is 0 Å². The van der Waals surface area contributed by atoms with Crippen LogP contribution in [-0.2, 0) is 0 Å². The molecule has 0 saturated carbocycles. The van der Waals surface area contributed by atoms with Gasteiger partial charge in [0, 0.05) is 19.8 Å². The fraction of sp³-hybridized carbons (Fsp3) is 0.222. The Balaban J connectivity index is 2.06. The molecule has 0 N–H and O–H groups in total. The van der Waals surface area contributed by atoms with Crippen molar-refractivity contribution in [3.8, 4) is 0 Å². The highest BCUT2D eigenvalue weighted by Gasteiger charge is 1.99. The molecular weight excluding hydrogens is 230 g/mol. The van der Waals surface area contributed by atoms with Crippen molar-refractivity contribution >= 4 is 11.8 Å². The normalized spacial score (nSPS) is 12.6. The fourth-order valence-corrected chi connectivity index (χ4v) is 2.01. The predicted molar refractivity (Wildman–Crippen MR) is 84.7 cm³/mol. The summed E-state index contributed by atoms with van der Waals surface area (Å²) in [5.74, 6) is 0.440. The lowest BCUT2D eigenvalue weighted by molar-refractivity contribution is 0.973. The van der Waals surface area contributed by atoms with Crippen LogP contribution in [0.25, 0.3) is 6.08 Å². The Bertz CT molecular complexity index is 523. The van der Waals surface area contributed by atoms with E-state index in [1.807, 2.05) is 0 Å². The predicted octanol–water partition coefficient (Wildman–Crippen LogP) is 4.57. The Labute approximate surface area is 116 Å². The molecule has 0 bridgehead atoms. The van der Waals surface area contributed by atoms with Crippen LogP contribution >= 0.6 is 0 Å². The van der Waals surface area contributed by atoms with E-state index in [2.05, 4.69) is 92.7 Å². The lowest BCUT2D eigenvalue weighted by Gasteiger charge is -2.12. The largest absolute Gasteiger partial charge is 0.378 e. The molecule has 0 spiro atoms. The van der Waals surface area contributed by atoms with Crippen LogP contribution in [0.1, 0.15) is 24.0 Å². The molecule has 0 aliphatic carbocycles. The smallest absolute Gasteiger partial charge is 0.0361 e. The van der Waals surface area contributed by atoms with Crippen molar-refractivity contribution in [3.05, 3.63) is 71.8 Å². The number of rotatable bonds is 4. The van der Waals surface area contributed by atoms with Gasteiger partial charge in [-0.25, -0.2) is 0 Å². The van der Waals surface area contributed by atoms with Crippen molar-refractivity contribution in [2.24, 2.45) is 0 Å². The molecule has 2 aromatic rings.